The van der Waals surface area contributed by atoms with Gasteiger partial charge in [0.1, 0.15) is 5.75 Å². The van der Waals surface area contributed by atoms with E-state index in [1.54, 1.807) is 35.3 Å². The molecule has 4 nitrogen and oxygen atoms in total. The molecule has 0 unspecified atom stereocenters. The van der Waals surface area contributed by atoms with Crippen molar-refractivity contribution in [3.05, 3.63) is 82.8 Å². The highest BCUT2D eigenvalue weighted by Gasteiger charge is 2.37. The number of benzene rings is 3. The largest absolute Gasteiger partial charge is 0.496 e. The molecular formula is C22H20BrNO3S2. The zero-order chi connectivity index (χ0) is 20.4. The van der Waals surface area contributed by atoms with E-state index in [0.717, 1.165) is 32.7 Å². The van der Waals surface area contributed by atoms with Gasteiger partial charge in [-0.1, -0.05) is 48.5 Å². The molecule has 0 saturated carbocycles. The van der Waals surface area contributed by atoms with E-state index in [-0.39, 0.29) is 5.37 Å². The second-order valence-corrected chi connectivity index (χ2v) is 10.6. The summed E-state index contributed by atoms with van der Waals surface area (Å²) in [5.41, 5.74) is 3.00. The Bertz CT molecular complexity index is 1100. The van der Waals surface area contributed by atoms with Gasteiger partial charge in [-0.15, -0.1) is 11.8 Å². The minimum atomic E-state index is -3.60. The summed E-state index contributed by atoms with van der Waals surface area (Å²) >= 11 is 5.13. The SMILES string of the molecule is COc1ccc([C@@H]2SCCN2S(=O)(=O)c2ccc(-c3ccccc3)cc2)cc1Br. The number of thioether (sulfide) groups is 1. The number of nitrogens with zero attached hydrogens (tertiary/aromatic N) is 1. The Morgan fingerprint density at radius 3 is 2.34 bits per heavy atom. The van der Waals surface area contributed by atoms with Crippen molar-refractivity contribution >= 4 is 37.7 Å². The summed E-state index contributed by atoms with van der Waals surface area (Å²) in [4.78, 5) is 0.317. The van der Waals surface area contributed by atoms with E-state index in [9.17, 15) is 8.42 Å². The third-order valence-corrected chi connectivity index (χ3v) is 8.77. The normalized spacial score (nSPS) is 17.4. The Kier molecular flexibility index (Phi) is 6.01. The maximum absolute atomic E-state index is 13.4. The van der Waals surface area contributed by atoms with E-state index >= 15 is 0 Å². The summed E-state index contributed by atoms with van der Waals surface area (Å²) in [6.45, 7) is 0.488. The lowest BCUT2D eigenvalue weighted by Gasteiger charge is -2.24. The fourth-order valence-corrected chi connectivity index (χ4v) is 7.17. The van der Waals surface area contributed by atoms with Gasteiger partial charge in [-0.05, 0) is 56.9 Å². The van der Waals surface area contributed by atoms with E-state index in [4.69, 9.17) is 4.74 Å². The lowest BCUT2D eigenvalue weighted by atomic mass is 10.1. The first-order chi connectivity index (χ1) is 14.0. The topological polar surface area (TPSA) is 46.6 Å². The molecule has 0 amide bonds. The minimum Gasteiger partial charge on any atom is -0.496 e. The summed E-state index contributed by atoms with van der Waals surface area (Å²) in [6, 6.07) is 22.8. The quantitative estimate of drug-likeness (QED) is 0.470. The van der Waals surface area contributed by atoms with Gasteiger partial charge in [0, 0.05) is 12.3 Å². The van der Waals surface area contributed by atoms with Crippen LogP contribution in [0.1, 0.15) is 10.9 Å². The monoisotopic (exact) mass is 489 g/mol. The Labute approximate surface area is 184 Å². The van der Waals surface area contributed by atoms with Crippen LogP contribution in [0.3, 0.4) is 0 Å². The van der Waals surface area contributed by atoms with E-state index in [1.165, 1.54) is 0 Å². The van der Waals surface area contributed by atoms with E-state index in [0.29, 0.717) is 11.4 Å². The molecule has 0 aliphatic carbocycles. The Hall–Kier alpha value is -1.80. The average molecular weight is 490 g/mol. The van der Waals surface area contributed by atoms with Crippen LogP contribution >= 0.6 is 27.7 Å². The van der Waals surface area contributed by atoms with Gasteiger partial charge in [0.2, 0.25) is 10.0 Å². The predicted octanol–water partition coefficient (Wildman–Crippen LogP) is 5.56. The third kappa shape index (κ3) is 4.10. The molecule has 150 valence electrons. The molecule has 0 aromatic heterocycles. The van der Waals surface area contributed by atoms with Crippen LogP contribution in [0.25, 0.3) is 11.1 Å². The fraction of sp³-hybridized carbons (Fsp3) is 0.182. The Balaban J connectivity index is 1.63. The fourth-order valence-electron chi connectivity index (χ4n) is 3.38. The second kappa shape index (κ2) is 8.52. The van der Waals surface area contributed by atoms with Gasteiger partial charge in [0.25, 0.3) is 0 Å². The van der Waals surface area contributed by atoms with Crippen LogP contribution in [0.4, 0.5) is 0 Å². The predicted molar refractivity (Wildman–Crippen MR) is 122 cm³/mol. The van der Waals surface area contributed by atoms with Crippen LogP contribution in [-0.4, -0.2) is 32.1 Å². The first kappa shape index (κ1) is 20.5. The van der Waals surface area contributed by atoms with Crippen LogP contribution < -0.4 is 4.74 Å². The summed E-state index contributed by atoms with van der Waals surface area (Å²) in [7, 11) is -1.99. The van der Waals surface area contributed by atoms with Crippen molar-refractivity contribution in [2.45, 2.75) is 10.3 Å². The zero-order valence-corrected chi connectivity index (χ0v) is 19.0. The molecule has 1 atom stereocenters. The molecule has 3 aromatic rings. The summed E-state index contributed by atoms with van der Waals surface area (Å²) < 4.78 is 34.4. The molecule has 29 heavy (non-hydrogen) atoms. The smallest absolute Gasteiger partial charge is 0.244 e. The maximum atomic E-state index is 13.4. The lowest BCUT2D eigenvalue weighted by Crippen LogP contribution is -2.30. The van der Waals surface area contributed by atoms with Gasteiger partial charge >= 0.3 is 0 Å². The molecule has 1 fully saturated rings. The lowest BCUT2D eigenvalue weighted by molar-refractivity contribution is 0.410. The molecule has 3 aromatic carbocycles. The highest BCUT2D eigenvalue weighted by Crippen LogP contribution is 2.43. The molecule has 1 heterocycles. The third-order valence-electron chi connectivity index (χ3n) is 4.88. The molecule has 0 bridgehead atoms. The van der Waals surface area contributed by atoms with Crippen LogP contribution in [0, 0.1) is 0 Å². The molecule has 0 N–H and O–H groups in total. The number of halogens is 1. The zero-order valence-electron chi connectivity index (χ0n) is 15.8. The Morgan fingerprint density at radius 2 is 1.69 bits per heavy atom. The summed E-state index contributed by atoms with van der Waals surface area (Å²) in [5.74, 6) is 1.48. The molecule has 0 spiro atoms. The molecule has 0 radical (unpaired) electrons. The summed E-state index contributed by atoms with van der Waals surface area (Å²) in [5, 5.41) is -0.254. The molecule has 1 aliphatic heterocycles. The van der Waals surface area contributed by atoms with Crippen molar-refractivity contribution in [2.75, 3.05) is 19.4 Å². The Morgan fingerprint density at radius 1 is 1.00 bits per heavy atom. The first-order valence-electron chi connectivity index (χ1n) is 9.13. The van der Waals surface area contributed by atoms with Gasteiger partial charge < -0.3 is 4.74 Å². The number of hydrogen-bond acceptors (Lipinski definition) is 4. The highest BCUT2D eigenvalue weighted by atomic mass is 79.9. The van der Waals surface area contributed by atoms with E-state index in [1.807, 2.05) is 60.7 Å². The average Bonchev–Trinajstić information content (AvgIpc) is 3.25. The van der Waals surface area contributed by atoms with Crippen LogP contribution in [0.5, 0.6) is 5.75 Å². The van der Waals surface area contributed by atoms with E-state index < -0.39 is 10.0 Å². The van der Waals surface area contributed by atoms with Crippen molar-refractivity contribution in [1.82, 2.24) is 4.31 Å². The van der Waals surface area contributed by atoms with Gasteiger partial charge in [0.05, 0.1) is 21.9 Å². The molecule has 4 rings (SSSR count). The maximum Gasteiger partial charge on any atom is 0.244 e. The minimum absolute atomic E-state index is 0.254. The number of sulfonamides is 1. The van der Waals surface area contributed by atoms with Gasteiger partial charge in [-0.3, -0.25) is 0 Å². The second-order valence-electron chi connectivity index (χ2n) is 6.62. The highest BCUT2D eigenvalue weighted by molar-refractivity contribution is 9.10. The van der Waals surface area contributed by atoms with Gasteiger partial charge in [0.15, 0.2) is 0 Å². The first-order valence-corrected chi connectivity index (χ1v) is 12.4. The summed E-state index contributed by atoms with van der Waals surface area (Å²) in [6.07, 6.45) is 0. The van der Waals surface area contributed by atoms with Crippen LogP contribution in [0.15, 0.2) is 82.2 Å². The van der Waals surface area contributed by atoms with Gasteiger partial charge in [-0.25, -0.2) is 8.42 Å². The molecule has 1 saturated heterocycles. The number of methoxy groups -OCH3 is 1. The number of ether oxygens (including phenoxy) is 1. The standard InChI is InChI=1S/C22H20BrNO3S2/c1-27-21-12-9-18(15-20(21)23)22-24(13-14-28-22)29(25,26)19-10-7-17(8-11-19)16-5-3-2-4-6-16/h2-12,15,22H,13-14H2,1H3/t22-/m0/s1. The van der Waals surface area contributed by atoms with Crippen molar-refractivity contribution in [3.63, 3.8) is 0 Å². The van der Waals surface area contributed by atoms with Gasteiger partial charge in [-0.2, -0.15) is 4.31 Å². The van der Waals surface area contributed by atoms with Crippen molar-refractivity contribution in [1.29, 1.82) is 0 Å². The molecule has 1 aliphatic rings. The number of rotatable bonds is 5. The van der Waals surface area contributed by atoms with Crippen molar-refractivity contribution in [3.8, 4) is 16.9 Å². The van der Waals surface area contributed by atoms with Crippen LogP contribution in [0.2, 0.25) is 0 Å². The number of hydrogen-bond donors (Lipinski definition) is 0. The molecule has 7 heteroatoms. The van der Waals surface area contributed by atoms with Crippen molar-refractivity contribution in [2.24, 2.45) is 0 Å². The van der Waals surface area contributed by atoms with Crippen molar-refractivity contribution < 1.29 is 13.2 Å². The van der Waals surface area contributed by atoms with E-state index in [2.05, 4.69) is 15.9 Å². The van der Waals surface area contributed by atoms with Crippen LogP contribution in [-0.2, 0) is 10.0 Å². The molecular weight excluding hydrogens is 470 g/mol.